The predicted octanol–water partition coefficient (Wildman–Crippen LogP) is 0.937. The maximum Gasteiger partial charge on any atom is 0.299 e. The molecule has 106 valence electrons. The van der Waals surface area contributed by atoms with Crippen molar-refractivity contribution >= 4 is 21.6 Å². The van der Waals surface area contributed by atoms with E-state index in [9.17, 15) is 8.42 Å². The number of benzene rings is 1. The molecule has 0 atom stereocenters. The highest BCUT2D eigenvalue weighted by Crippen LogP contribution is 2.30. The Morgan fingerprint density at radius 2 is 2.26 bits per heavy atom. The summed E-state index contributed by atoms with van der Waals surface area (Å²) in [5.41, 5.74) is 2.61. The SMILES string of the molecule is COCCNS(=O)(=O)Nc1cccc2c1NCCC2. The van der Waals surface area contributed by atoms with Gasteiger partial charge in [0, 0.05) is 20.2 Å². The zero-order valence-electron chi connectivity index (χ0n) is 10.9. The zero-order valence-corrected chi connectivity index (χ0v) is 11.7. The summed E-state index contributed by atoms with van der Waals surface area (Å²) in [6, 6.07) is 5.63. The van der Waals surface area contributed by atoms with Crippen molar-refractivity contribution < 1.29 is 13.2 Å². The summed E-state index contributed by atoms with van der Waals surface area (Å²) in [6.07, 6.45) is 2.03. The van der Waals surface area contributed by atoms with Gasteiger partial charge in [-0.2, -0.15) is 13.1 Å². The zero-order chi connectivity index (χ0) is 13.7. The second kappa shape index (κ2) is 6.23. The molecule has 0 saturated carbocycles. The van der Waals surface area contributed by atoms with Gasteiger partial charge >= 0.3 is 0 Å². The van der Waals surface area contributed by atoms with Crippen molar-refractivity contribution in [3.05, 3.63) is 23.8 Å². The summed E-state index contributed by atoms with van der Waals surface area (Å²) in [4.78, 5) is 0. The molecule has 7 heteroatoms. The molecule has 2 rings (SSSR count). The fourth-order valence-electron chi connectivity index (χ4n) is 2.05. The largest absolute Gasteiger partial charge is 0.383 e. The van der Waals surface area contributed by atoms with Crippen molar-refractivity contribution in [3.63, 3.8) is 0 Å². The fraction of sp³-hybridized carbons (Fsp3) is 0.500. The van der Waals surface area contributed by atoms with E-state index < -0.39 is 10.2 Å². The van der Waals surface area contributed by atoms with Gasteiger partial charge < -0.3 is 10.1 Å². The minimum atomic E-state index is -3.56. The Hall–Kier alpha value is -1.31. The molecule has 0 unspecified atom stereocenters. The van der Waals surface area contributed by atoms with Crippen molar-refractivity contribution in [2.24, 2.45) is 0 Å². The van der Waals surface area contributed by atoms with E-state index in [1.54, 1.807) is 6.07 Å². The van der Waals surface area contributed by atoms with Crippen LogP contribution in [-0.4, -0.2) is 35.2 Å². The molecule has 0 fully saturated rings. The van der Waals surface area contributed by atoms with Gasteiger partial charge in [-0.05, 0) is 24.5 Å². The molecule has 19 heavy (non-hydrogen) atoms. The number of hydrogen-bond donors (Lipinski definition) is 3. The number of ether oxygens (including phenoxy) is 1. The number of nitrogens with one attached hydrogen (secondary N) is 3. The summed E-state index contributed by atoms with van der Waals surface area (Å²) >= 11 is 0. The van der Waals surface area contributed by atoms with Crippen LogP contribution in [-0.2, 0) is 21.4 Å². The van der Waals surface area contributed by atoms with Crippen LogP contribution >= 0.6 is 0 Å². The molecule has 0 amide bonds. The Morgan fingerprint density at radius 1 is 1.42 bits per heavy atom. The van der Waals surface area contributed by atoms with E-state index in [2.05, 4.69) is 14.8 Å². The number of anilines is 2. The second-order valence-electron chi connectivity index (χ2n) is 4.36. The molecular formula is C12H19N3O3S. The summed E-state index contributed by atoms with van der Waals surface area (Å²) in [7, 11) is -2.03. The molecule has 6 nitrogen and oxygen atoms in total. The van der Waals surface area contributed by atoms with Gasteiger partial charge in [-0.3, -0.25) is 4.72 Å². The Balaban J connectivity index is 2.10. The number of rotatable bonds is 6. The molecule has 0 saturated heterocycles. The molecule has 1 aromatic carbocycles. The van der Waals surface area contributed by atoms with Crippen LogP contribution in [0, 0.1) is 0 Å². The average Bonchev–Trinajstić information content (AvgIpc) is 2.39. The fourth-order valence-corrected chi connectivity index (χ4v) is 2.94. The monoisotopic (exact) mass is 285 g/mol. The van der Waals surface area contributed by atoms with Gasteiger partial charge in [-0.25, -0.2) is 0 Å². The third-order valence-electron chi connectivity index (χ3n) is 2.92. The Bertz CT molecular complexity index is 531. The Labute approximate surface area is 113 Å². The van der Waals surface area contributed by atoms with Crippen molar-refractivity contribution in [2.45, 2.75) is 12.8 Å². The number of para-hydroxylation sites is 1. The molecule has 1 aliphatic heterocycles. The molecule has 0 radical (unpaired) electrons. The number of hydrogen-bond acceptors (Lipinski definition) is 4. The van der Waals surface area contributed by atoms with Gasteiger partial charge in [-0.1, -0.05) is 12.1 Å². The molecule has 0 bridgehead atoms. The molecule has 0 aromatic heterocycles. The van der Waals surface area contributed by atoms with Gasteiger partial charge in [0.1, 0.15) is 0 Å². The van der Waals surface area contributed by atoms with Crippen molar-refractivity contribution in [3.8, 4) is 0 Å². The second-order valence-corrected chi connectivity index (χ2v) is 5.86. The quantitative estimate of drug-likeness (QED) is 0.680. The maximum atomic E-state index is 11.9. The molecule has 0 spiro atoms. The van der Waals surface area contributed by atoms with Crippen LogP contribution in [0.1, 0.15) is 12.0 Å². The van der Waals surface area contributed by atoms with Crippen molar-refractivity contribution in [1.82, 2.24) is 4.72 Å². The number of aryl methyl sites for hydroxylation is 1. The van der Waals surface area contributed by atoms with E-state index in [1.165, 1.54) is 7.11 Å². The van der Waals surface area contributed by atoms with Gasteiger partial charge in [0.15, 0.2) is 0 Å². The highest BCUT2D eigenvalue weighted by atomic mass is 32.2. The van der Waals surface area contributed by atoms with Crippen LogP contribution < -0.4 is 14.8 Å². The van der Waals surface area contributed by atoms with Gasteiger partial charge in [0.25, 0.3) is 10.2 Å². The highest BCUT2D eigenvalue weighted by molar-refractivity contribution is 7.90. The third-order valence-corrected chi connectivity index (χ3v) is 3.99. The van der Waals surface area contributed by atoms with Gasteiger partial charge in [0.2, 0.25) is 0 Å². The van der Waals surface area contributed by atoms with Gasteiger partial charge in [0.05, 0.1) is 18.0 Å². The van der Waals surface area contributed by atoms with Crippen LogP contribution in [0.4, 0.5) is 11.4 Å². The lowest BCUT2D eigenvalue weighted by molar-refractivity contribution is 0.204. The minimum absolute atomic E-state index is 0.244. The summed E-state index contributed by atoms with van der Waals surface area (Å²) < 4.78 is 33.5. The van der Waals surface area contributed by atoms with Gasteiger partial charge in [-0.15, -0.1) is 0 Å². The predicted molar refractivity (Wildman–Crippen MR) is 75.7 cm³/mol. The lowest BCUT2D eigenvalue weighted by atomic mass is 10.0. The normalized spacial score (nSPS) is 14.6. The summed E-state index contributed by atoms with van der Waals surface area (Å²) in [5.74, 6) is 0. The summed E-state index contributed by atoms with van der Waals surface area (Å²) in [6.45, 7) is 1.45. The van der Waals surface area contributed by atoms with Crippen LogP contribution in [0.3, 0.4) is 0 Å². The van der Waals surface area contributed by atoms with E-state index in [1.807, 2.05) is 12.1 Å². The smallest absolute Gasteiger partial charge is 0.299 e. The summed E-state index contributed by atoms with van der Waals surface area (Å²) in [5, 5.41) is 3.24. The van der Waals surface area contributed by atoms with E-state index in [4.69, 9.17) is 4.74 Å². The minimum Gasteiger partial charge on any atom is -0.383 e. The average molecular weight is 285 g/mol. The first kappa shape index (κ1) is 14.1. The lowest BCUT2D eigenvalue weighted by Crippen LogP contribution is -2.33. The van der Waals surface area contributed by atoms with Crippen LogP contribution in [0.15, 0.2) is 18.2 Å². The molecule has 1 aliphatic rings. The molecule has 1 heterocycles. The molecule has 0 aliphatic carbocycles. The highest BCUT2D eigenvalue weighted by Gasteiger charge is 2.16. The van der Waals surface area contributed by atoms with E-state index in [-0.39, 0.29) is 6.54 Å². The van der Waals surface area contributed by atoms with Crippen LogP contribution in [0.25, 0.3) is 0 Å². The Morgan fingerprint density at radius 3 is 3.05 bits per heavy atom. The van der Waals surface area contributed by atoms with Crippen LogP contribution in [0.5, 0.6) is 0 Å². The number of fused-ring (bicyclic) bond motifs is 1. The molecule has 1 aromatic rings. The standard InChI is InChI=1S/C12H19N3O3S/c1-18-9-8-14-19(16,17)15-11-6-2-4-10-5-3-7-13-12(10)11/h2,4,6,13-15H,3,5,7-9H2,1H3. The first-order valence-corrected chi connectivity index (χ1v) is 7.73. The first-order valence-electron chi connectivity index (χ1n) is 6.24. The Kier molecular flexibility index (Phi) is 4.62. The van der Waals surface area contributed by atoms with E-state index >= 15 is 0 Å². The number of methoxy groups -OCH3 is 1. The first-order chi connectivity index (χ1) is 9.12. The molecular weight excluding hydrogens is 266 g/mol. The molecule has 3 N–H and O–H groups in total. The third kappa shape index (κ3) is 3.82. The topological polar surface area (TPSA) is 79.5 Å². The van der Waals surface area contributed by atoms with E-state index in [0.717, 1.165) is 30.6 Å². The van der Waals surface area contributed by atoms with Crippen molar-refractivity contribution in [2.75, 3.05) is 36.8 Å². The maximum absolute atomic E-state index is 11.9. The lowest BCUT2D eigenvalue weighted by Gasteiger charge is -2.21. The van der Waals surface area contributed by atoms with Crippen LogP contribution in [0.2, 0.25) is 0 Å². The van der Waals surface area contributed by atoms with Crippen molar-refractivity contribution in [1.29, 1.82) is 0 Å². The van der Waals surface area contributed by atoms with E-state index in [0.29, 0.717) is 12.3 Å².